The minimum absolute atomic E-state index is 0.110. The molecular formula is C18H28BrNOS. The van der Waals surface area contributed by atoms with E-state index >= 15 is 0 Å². The molecule has 1 aromatic carbocycles. The monoisotopic (exact) mass is 385 g/mol. The summed E-state index contributed by atoms with van der Waals surface area (Å²) in [7, 11) is -1.09. The van der Waals surface area contributed by atoms with Crippen molar-refractivity contribution >= 4 is 26.9 Å². The van der Waals surface area contributed by atoms with Crippen LogP contribution in [0.15, 0.2) is 41.4 Å². The quantitative estimate of drug-likeness (QED) is 0.643. The van der Waals surface area contributed by atoms with Crippen LogP contribution in [0.1, 0.15) is 52.5 Å². The molecule has 0 bridgehead atoms. The number of nitrogens with one attached hydrogen (secondary N) is 1. The molecule has 0 aliphatic carbocycles. The molecule has 2 nitrogen and oxygen atoms in total. The van der Waals surface area contributed by atoms with Crippen molar-refractivity contribution in [2.24, 2.45) is 5.92 Å². The molecule has 1 rings (SSSR count). The highest BCUT2D eigenvalue weighted by Gasteiger charge is 2.27. The van der Waals surface area contributed by atoms with Crippen LogP contribution in [-0.2, 0) is 11.0 Å². The minimum atomic E-state index is -1.09. The second kappa shape index (κ2) is 8.42. The van der Waals surface area contributed by atoms with Gasteiger partial charge in [0.15, 0.2) is 0 Å². The third-order valence-electron chi connectivity index (χ3n) is 3.48. The molecule has 0 spiro atoms. The van der Waals surface area contributed by atoms with Crippen LogP contribution >= 0.6 is 15.9 Å². The Labute approximate surface area is 146 Å². The highest BCUT2D eigenvalue weighted by Crippen LogP contribution is 2.27. The van der Waals surface area contributed by atoms with Gasteiger partial charge in [-0.3, -0.25) is 0 Å². The number of benzene rings is 1. The van der Waals surface area contributed by atoms with Crippen molar-refractivity contribution in [3.8, 4) is 0 Å². The topological polar surface area (TPSA) is 29.1 Å². The van der Waals surface area contributed by atoms with Gasteiger partial charge in [-0.2, -0.15) is 0 Å². The van der Waals surface area contributed by atoms with Crippen LogP contribution in [0.2, 0.25) is 0 Å². The highest BCUT2D eigenvalue weighted by molar-refractivity contribution is 9.10. The van der Waals surface area contributed by atoms with E-state index in [-0.39, 0.29) is 16.7 Å². The normalized spacial score (nSPS) is 16.3. The molecule has 0 heterocycles. The molecule has 0 fully saturated rings. The average molecular weight is 386 g/mol. The van der Waals surface area contributed by atoms with Crippen LogP contribution in [0.5, 0.6) is 0 Å². The van der Waals surface area contributed by atoms with E-state index in [2.05, 4.69) is 53.2 Å². The fraction of sp³-hybridized carbons (Fsp3) is 0.556. The van der Waals surface area contributed by atoms with Crippen molar-refractivity contribution in [3.05, 3.63) is 47.0 Å². The summed E-state index contributed by atoms with van der Waals surface area (Å²) in [4.78, 5) is 0. The lowest BCUT2D eigenvalue weighted by Crippen LogP contribution is -2.43. The van der Waals surface area contributed by atoms with Crippen LogP contribution in [0, 0.1) is 5.92 Å². The third kappa shape index (κ3) is 5.98. The van der Waals surface area contributed by atoms with Gasteiger partial charge in [-0.05, 0) is 50.8 Å². The van der Waals surface area contributed by atoms with Crippen LogP contribution in [0.25, 0.3) is 0 Å². The van der Waals surface area contributed by atoms with Crippen molar-refractivity contribution < 1.29 is 4.21 Å². The van der Waals surface area contributed by atoms with Gasteiger partial charge in [-0.25, -0.2) is 8.93 Å². The Bertz CT molecular complexity index is 505. The predicted molar refractivity (Wildman–Crippen MR) is 101 cm³/mol. The second-order valence-electron chi connectivity index (χ2n) is 7.05. The fourth-order valence-corrected chi connectivity index (χ4v) is 3.44. The van der Waals surface area contributed by atoms with Crippen molar-refractivity contribution in [2.75, 3.05) is 0 Å². The Morgan fingerprint density at radius 2 is 1.82 bits per heavy atom. The zero-order valence-electron chi connectivity index (χ0n) is 14.2. The predicted octanol–water partition coefficient (Wildman–Crippen LogP) is 5.19. The molecule has 22 heavy (non-hydrogen) atoms. The zero-order valence-corrected chi connectivity index (χ0v) is 16.6. The van der Waals surface area contributed by atoms with Gasteiger partial charge in [0.05, 0.1) is 15.7 Å². The molecule has 0 saturated carbocycles. The van der Waals surface area contributed by atoms with E-state index in [4.69, 9.17) is 0 Å². The summed E-state index contributed by atoms with van der Waals surface area (Å²) in [5, 5.41) is 0. The Balaban J connectivity index is 3.04. The first-order valence-electron chi connectivity index (χ1n) is 7.71. The van der Waals surface area contributed by atoms with Crippen molar-refractivity contribution in [1.29, 1.82) is 0 Å². The maximum atomic E-state index is 12.5. The summed E-state index contributed by atoms with van der Waals surface area (Å²) in [6, 6.07) is 8.40. The standard InChI is InChI=1S/C18H28BrNOS/c1-7-16(14-8-10-15(19)11-9-14)17(12-13(2)3)20-22(21)18(4,5)6/h7-11,13,16-17,20H,1,12H2,2-6H3/t16-,17+,22?/m1/s1. The summed E-state index contributed by atoms with van der Waals surface area (Å²) in [6.07, 6.45) is 2.91. The Morgan fingerprint density at radius 3 is 2.23 bits per heavy atom. The largest absolute Gasteiger partial charge is 0.242 e. The molecule has 0 aliphatic rings. The summed E-state index contributed by atoms with van der Waals surface area (Å²) in [6.45, 7) is 14.4. The first-order valence-corrected chi connectivity index (χ1v) is 9.65. The van der Waals surface area contributed by atoms with Gasteiger partial charge in [-0.1, -0.05) is 48.0 Å². The lowest BCUT2D eigenvalue weighted by molar-refractivity contribution is 0.440. The van der Waals surface area contributed by atoms with E-state index in [1.807, 2.05) is 39.0 Å². The van der Waals surface area contributed by atoms with Crippen molar-refractivity contribution in [3.63, 3.8) is 0 Å². The van der Waals surface area contributed by atoms with Crippen LogP contribution < -0.4 is 4.72 Å². The molecule has 3 atom stereocenters. The first-order chi connectivity index (χ1) is 10.1. The molecule has 1 N–H and O–H groups in total. The van der Waals surface area contributed by atoms with Gasteiger partial charge in [0.25, 0.3) is 0 Å². The number of rotatable bonds is 7. The molecule has 0 amide bonds. The van der Waals surface area contributed by atoms with Gasteiger partial charge >= 0.3 is 0 Å². The van der Waals surface area contributed by atoms with E-state index in [9.17, 15) is 4.21 Å². The third-order valence-corrected chi connectivity index (χ3v) is 5.64. The maximum Gasteiger partial charge on any atom is 0.0973 e. The zero-order chi connectivity index (χ0) is 16.9. The van der Waals surface area contributed by atoms with E-state index in [1.54, 1.807) is 0 Å². The first kappa shape index (κ1) is 19.6. The van der Waals surface area contributed by atoms with Crippen LogP contribution in [0.4, 0.5) is 0 Å². The van der Waals surface area contributed by atoms with E-state index in [0.29, 0.717) is 5.92 Å². The molecule has 0 aromatic heterocycles. The summed E-state index contributed by atoms with van der Waals surface area (Å²) in [5.41, 5.74) is 1.20. The van der Waals surface area contributed by atoms with Crippen LogP contribution in [-0.4, -0.2) is 15.0 Å². The molecule has 1 unspecified atom stereocenters. The molecule has 4 heteroatoms. The van der Waals surface area contributed by atoms with E-state index in [1.165, 1.54) is 5.56 Å². The van der Waals surface area contributed by atoms with Crippen LogP contribution in [0.3, 0.4) is 0 Å². The minimum Gasteiger partial charge on any atom is -0.242 e. The number of hydrogen-bond donors (Lipinski definition) is 1. The van der Waals surface area contributed by atoms with Gasteiger partial charge in [0, 0.05) is 16.4 Å². The Morgan fingerprint density at radius 1 is 1.27 bits per heavy atom. The molecule has 1 aromatic rings. The summed E-state index contributed by atoms with van der Waals surface area (Å²) in [5.74, 6) is 0.661. The van der Waals surface area contributed by atoms with Crippen molar-refractivity contribution in [2.45, 2.75) is 57.7 Å². The summed E-state index contributed by atoms with van der Waals surface area (Å²) >= 11 is 3.47. The Hall–Kier alpha value is -0.450. The lowest BCUT2D eigenvalue weighted by atomic mass is 9.87. The average Bonchev–Trinajstić information content (AvgIpc) is 2.39. The maximum absolute atomic E-state index is 12.5. The van der Waals surface area contributed by atoms with E-state index < -0.39 is 11.0 Å². The van der Waals surface area contributed by atoms with Crippen molar-refractivity contribution in [1.82, 2.24) is 4.72 Å². The van der Waals surface area contributed by atoms with Gasteiger partial charge < -0.3 is 0 Å². The highest BCUT2D eigenvalue weighted by atomic mass is 79.9. The van der Waals surface area contributed by atoms with E-state index in [0.717, 1.165) is 10.9 Å². The molecule has 0 saturated heterocycles. The fourth-order valence-electron chi connectivity index (χ4n) is 2.31. The summed E-state index contributed by atoms with van der Waals surface area (Å²) < 4.78 is 16.6. The second-order valence-corrected chi connectivity index (χ2v) is 9.96. The molecule has 0 aliphatic heterocycles. The Kier molecular flexibility index (Phi) is 7.50. The number of halogens is 1. The van der Waals surface area contributed by atoms with Gasteiger partial charge in [-0.15, -0.1) is 6.58 Å². The lowest BCUT2D eigenvalue weighted by Gasteiger charge is -2.30. The molecular weight excluding hydrogens is 358 g/mol. The smallest absolute Gasteiger partial charge is 0.0973 e. The number of hydrogen-bond acceptors (Lipinski definition) is 1. The SMILES string of the molecule is C=C[C@H](c1ccc(Br)cc1)[C@H](CC(C)C)NS(=O)C(C)(C)C. The molecule has 124 valence electrons. The van der Waals surface area contributed by atoms with Gasteiger partial charge in [0.2, 0.25) is 0 Å². The van der Waals surface area contributed by atoms with Gasteiger partial charge in [0.1, 0.15) is 0 Å². The molecule has 0 radical (unpaired) electrons.